The molecule has 0 saturated heterocycles. The van der Waals surface area contributed by atoms with E-state index in [-0.39, 0.29) is 11.7 Å². The van der Waals surface area contributed by atoms with Crippen molar-refractivity contribution in [3.05, 3.63) is 83.9 Å². The van der Waals surface area contributed by atoms with E-state index in [1.807, 2.05) is 37.3 Å². The van der Waals surface area contributed by atoms with Gasteiger partial charge >= 0.3 is 0 Å². The Morgan fingerprint density at radius 3 is 2.48 bits per heavy atom. The Kier molecular flexibility index (Phi) is 7.35. The number of carbonyl (C=O) groups excluding carboxylic acids is 1. The molecule has 4 aromatic rings. The summed E-state index contributed by atoms with van der Waals surface area (Å²) in [5, 5.41) is 15.1. The molecule has 4 rings (SSSR count). The monoisotopic (exact) mass is 464 g/mol. The lowest BCUT2D eigenvalue weighted by Gasteiger charge is -2.04. The predicted molar refractivity (Wildman–Crippen MR) is 131 cm³/mol. The first-order valence-corrected chi connectivity index (χ1v) is 12.4. The van der Waals surface area contributed by atoms with Crippen LogP contribution >= 0.6 is 34.9 Å². The van der Waals surface area contributed by atoms with Crippen LogP contribution < -0.4 is 5.43 Å². The molecule has 1 amide bonds. The number of aromatic nitrogens is 2. The fraction of sp³-hybridized carbons (Fsp3) is 0.130. The molecule has 8 heteroatoms. The summed E-state index contributed by atoms with van der Waals surface area (Å²) in [6, 6.07) is 24.5. The van der Waals surface area contributed by atoms with Gasteiger partial charge in [-0.3, -0.25) is 4.79 Å². The standard InChI is InChI=1S/C23H20N4OS3/c1-16(17-8-3-2-4-9-17)24-25-21(28)15-30-23-27-26-22(31-23)29-14-19-12-7-11-18-10-5-6-13-20(18)19/h2-13H,14-15H2,1H3,(H,25,28). The smallest absolute Gasteiger partial charge is 0.250 e. The second-order valence-electron chi connectivity index (χ2n) is 6.65. The largest absolute Gasteiger partial charge is 0.272 e. The average Bonchev–Trinajstić information content (AvgIpc) is 3.28. The van der Waals surface area contributed by atoms with Gasteiger partial charge in [-0.1, -0.05) is 108 Å². The van der Waals surface area contributed by atoms with Crippen molar-refractivity contribution in [1.29, 1.82) is 0 Å². The predicted octanol–water partition coefficient (Wildman–Crippen LogP) is 5.62. The highest BCUT2D eigenvalue weighted by molar-refractivity contribution is 8.03. The summed E-state index contributed by atoms with van der Waals surface area (Å²) in [4.78, 5) is 12.1. The van der Waals surface area contributed by atoms with E-state index < -0.39 is 0 Å². The SMILES string of the molecule is CC(=NNC(=O)CSc1nnc(SCc2cccc3ccccc23)s1)c1ccccc1. The van der Waals surface area contributed by atoms with Gasteiger partial charge in [0.05, 0.1) is 11.5 Å². The van der Waals surface area contributed by atoms with Crippen LogP contribution in [0.25, 0.3) is 10.8 Å². The third-order valence-corrected chi connectivity index (χ3v) is 7.72. The number of nitrogens with one attached hydrogen (secondary N) is 1. The van der Waals surface area contributed by atoms with Crippen LogP contribution in [0.1, 0.15) is 18.1 Å². The van der Waals surface area contributed by atoms with Gasteiger partial charge in [0.2, 0.25) is 0 Å². The summed E-state index contributed by atoms with van der Waals surface area (Å²) in [7, 11) is 0. The van der Waals surface area contributed by atoms with E-state index in [1.165, 1.54) is 39.4 Å². The molecule has 156 valence electrons. The summed E-state index contributed by atoms with van der Waals surface area (Å²) in [5.41, 5.74) is 5.62. The number of carbonyl (C=O) groups is 1. The number of benzene rings is 3. The Hall–Kier alpha value is -2.68. The number of amides is 1. The molecule has 0 aliphatic heterocycles. The second kappa shape index (κ2) is 10.6. The van der Waals surface area contributed by atoms with Crippen LogP contribution in [0.15, 0.2) is 86.6 Å². The van der Waals surface area contributed by atoms with Crippen LogP contribution in [0, 0.1) is 0 Å². The third kappa shape index (κ3) is 5.94. The molecular formula is C23H20N4OS3. The highest BCUT2D eigenvalue weighted by Crippen LogP contribution is 2.32. The Labute approximate surface area is 193 Å². The quantitative estimate of drug-likeness (QED) is 0.208. The summed E-state index contributed by atoms with van der Waals surface area (Å²) in [6.45, 7) is 1.87. The molecule has 1 N–H and O–H groups in total. The average molecular weight is 465 g/mol. The maximum atomic E-state index is 12.1. The Morgan fingerprint density at radius 2 is 1.65 bits per heavy atom. The topological polar surface area (TPSA) is 67.2 Å². The summed E-state index contributed by atoms with van der Waals surface area (Å²) in [6.07, 6.45) is 0. The number of fused-ring (bicyclic) bond motifs is 1. The van der Waals surface area contributed by atoms with Crippen LogP contribution in [0.5, 0.6) is 0 Å². The minimum atomic E-state index is -0.166. The lowest BCUT2D eigenvalue weighted by molar-refractivity contribution is -0.118. The molecular weight excluding hydrogens is 444 g/mol. The number of hydrogen-bond acceptors (Lipinski definition) is 7. The van der Waals surface area contributed by atoms with Crippen molar-refractivity contribution >= 4 is 57.3 Å². The van der Waals surface area contributed by atoms with Crippen molar-refractivity contribution in [1.82, 2.24) is 15.6 Å². The highest BCUT2D eigenvalue weighted by Gasteiger charge is 2.10. The first-order valence-electron chi connectivity index (χ1n) is 9.63. The molecule has 0 atom stereocenters. The lowest BCUT2D eigenvalue weighted by Crippen LogP contribution is -2.21. The zero-order valence-corrected chi connectivity index (χ0v) is 19.3. The van der Waals surface area contributed by atoms with Crippen LogP contribution in [-0.4, -0.2) is 27.6 Å². The molecule has 5 nitrogen and oxygen atoms in total. The molecule has 0 saturated carbocycles. The maximum absolute atomic E-state index is 12.1. The third-order valence-electron chi connectivity index (χ3n) is 4.49. The number of thioether (sulfide) groups is 2. The summed E-state index contributed by atoms with van der Waals surface area (Å²) in [5.74, 6) is 0.906. The van der Waals surface area contributed by atoms with E-state index in [0.29, 0.717) is 0 Å². The van der Waals surface area contributed by atoms with Gasteiger partial charge in [0.1, 0.15) is 0 Å². The maximum Gasteiger partial charge on any atom is 0.250 e. The summed E-state index contributed by atoms with van der Waals surface area (Å²) < 4.78 is 1.67. The number of hydrogen-bond donors (Lipinski definition) is 1. The minimum Gasteiger partial charge on any atom is -0.272 e. The lowest BCUT2D eigenvalue weighted by atomic mass is 10.1. The van der Waals surface area contributed by atoms with Gasteiger partial charge in [-0.25, -0.2) is 5.43 Å². The molecule has 0 aliphatic rings. The number of nitrogens with zero attached hydrogens (tertiary/aromatic N) is 3. The second-order valence-corrected chi connectivity index (χ2v) is 10.1. The van der Waals surface area contributed by atoms with Crippen LogP contribution in [0.3, 0.4) is 0 Å². The van der Waals surface area contributed by atoms with Gasteiger partial charge in [0.15, 0.2) is 8.68 Å². The van der Waals surface area contributed by atoms with Crippen molar-refractivity contribution < 1.29 is 4.79 Å². The summed E-state index contributed by atoms with van der Waals surface area (Å²) >= 11 is 4.54. The van der Waals surface area contributed by atoms with Gasteiger partial charge in [-0.15, -0.1) is 10.2 Å². The molecule has 0 aliphatic carbocycles. The molecule has 0 bridgehead atoms. The van der Waals surface area contributed by atoms with Crippen molar-refractivity contribution in [3.63, 3.8) is 0 Å². The Balaban J connectivity index is 1.27. The van der Waals surface area contributed by atoms with Crippen LogP contribution in [0.2, 0.25) is 0 Å². The first-order chi connectivity index (χ1) is 15.2. The van der Waals surface area contributed by atoms with E-state index in [9.17, 15) is 4.79 Å². The molecule has 0 unspecified atom stereocenters. The van der Waals surface area contributed by atoms with Gasteiger partial charge in [-0.2, -0.15) is 5.10 Å². The van der Waals surface area contributed by atoms with Crippen LogP contribution in [0.4, 0.5) is 0 Å². The van der Waals surface area contributed by atoms with Crippen molar-refractivity contribution in [2.75, 3.05) is 5.75 Å². The van der Waals surface area contributed by atoms with Gasteiger partial charge < -0.3 is 0 Å². The molecule has 1 aromatic heterocycles. The fourth-order valence-corrected chi connectivity index (χ4v) is 5.74. The minimum absolute atomic E-state index is 0.166. The zero-order valence-electron chi connectivity index (χ0n) is 16.8. The molecule has 0 radical (unpaired) electrons. The van der Waals surface area contributed by atoms with Gasteiger partial charge in [0, 0.05) is 5.75 Å². The number of rotatable bonds is 8. The van der Waals surface area contributed by atoms with Crippen molar-refractivity contribution in [2.24, 2.45) is 5.10 Å². The van der Waals surface area contributed by atoms with E-state index in [2.05, 4.69) is 63.2 Å². The Morgan fingerprint density at radius 1 is 0.935 bits per heavy atom. The molecule has 31 heavy (non-hydrogen) atoms. The Bertz CT molecular complexity index is 1200. The molecule has 0 fully saturated rings. The van der Waals surface area contributed by atoms with Gasteiger partial charge in [-0.05, 0) is 28.8 Å². The first kappa shape index (κ1) is 21.5. The van der Waals surface area contributed by atoms with E-state index in [0.717, 1.165) is 25.7 Å². The normalized spacial score (nSPS) is 11.6. The van der Waals surface area contributed by atoms with Gasteiger partial charge in [0.25, 0.3) is 5.91 Å². The van der Waals surface area contributed by atoms with Crippen molar-refractivity contribution in [3.8, 4) is 0 Å². The molecule has 3 aromatic carbocycles. The van der Waals surface area contributed by atoms with E-state index >= 15 is 0 Å². The fourth-order valence-electron chi connectivity index (χ4n) is 2.92. The zero-order chi connectivity index (χ0) is 21.5. The van der Waals surface area contributed by atoms with E-state index in [4.69, 9.17) is 0 Å². The molecule has 1 heterocycles. The van der Waals surface area contributed by atoms with E-state index in [1.54, 1.807) is 11.8 Å². The molecule has 0 spiro atoms. The van der Waals surface area contributed by atoms with Crippen molar-refractivity contribution in [2.45, 2.75) is 21.4 Å². The number of hydrazone groups is 1. The van der Waals surface area contributed by atoms with Crippen LogP contribution in [-0.2, 0) is 10.5 Å². The highest BCUT2D eigenvalue weighted by atomic mass is 32.2.